The first-order chi connectivity index (χ1) is 14.1. The summed E-state index contributed by atoms with van der Waals surface area (Å²) in [7, 11) is 1.57. The highest BCUT2D eigenvalue weighted by Gasteiger charge is 2.33. The summed E-state index contributed by atoms with van der Waals surface area (Å²) in [5.41, 5.74) is 0.669. The molecule has 1 aromatic carbocycles. The zero-order valence-corrected chi connectivity index (χ0v) is 17.4. The number of nitrogens with zero attached hydrogens (tertiary/aromatic N) is 1. The summed E-state index contributed by atoms with van der Waals surface area (Å²) in [5.74, 6) is 0.429. The zero-order chi connectivity index (χ0) is 20.6. The molecule has 0 radical (unpaired) electrons. The highest BCUT2D eigenvalue weighted by molar-refractivity contribution is 6.27. The number of hydrogen-bond donors (Lipinski definition) is 1. The summed E-state index contributed by atoms with van der Waals surface area (Å²) in [5, 5.41) is 3.15. The lowest BCUT2D eigenvalue weighted by atomic mass is 9.94. The highest BCUT2D eigenvalue weighted by atomic mass is 35.5. The molecule has 1 aromatic heterocycles. The van der Waals surface area contributed by atoms with Crippen molar-refractivity contribution in [1.82, 2.24) is 10.2 Å². The minimum Gasteiger partial charge on any atom is -0.497 e. The fraction of sp³-hybridized carbons (Fsp3) is 0.455. The van der Waals surface area contributed by atoms with Crippen molar-refractivity contribution in [3.63, 3.8) is 0 Å². The third-order valence-electron chi connectivity index (χ3n) is 5.26. The standard InChI is InChI=1S/C22H27ClN2O4/c1-28-18-10-5-7-16(13-18)21(22(27)24-17-8-3-2-4-9-17)25(20(26)14-23)15-19-11-6-12-29-19/h5-7,10-13,17,21H,2-4,8-9,14-15H2,1H3,(H,24,27)/t21-/m0/s1. The van der Waals surface area contributed by atoms with Gasteiger partial charge in [0, 0.05) is 6.04 Å². The van der Waals surface area contributed by atoms with Gasteiger partial charge in [-0.15, -0.1) is 11.6 Å². The van der Waals surface area contributed by atoms with Gasteiger partial charge >= 0.3 is 0 Å². The van der Waals surface area contributed by atoms with E-state index in [1.807, 2.05) is 12.1 Å². The molecule has 6 nitrogen and oxygen atoms in total. The number of rotatable bonds is 8. The minimum absolute atomic E-state index is 0.126. The maximum atomic E-state index is 13.4. The van der Waals surface area contributed by atoms with Crippen LogP contribution >= 0.6 is 11.6 Å². The second kappa shape index (κ2) is 10.3. The van der Waals surface area contributed by atoms with Crippen LogP contribution in [0.15, 0.2) is 47.1 Å². The SMILES string of the molecule is COc1cccc([C@@H](C(=O)NC2CCCCC2)N(Cc2ccco2)C(=O)CCl)c1. The number of halogens is 1. The molecule has 1 heterocycles. The van der Waals surface area contributed by atoms with Crippen LogP contribution in [0.5, 0.6) is 5.75 Å². The molecule has 1 fully saturated rings. The van der Waals surface area contributed by atoms with Crippen molar-refractivity contribution < 1.29 is 18.7 Å². The normalized spacial score (nSPS) is 15.5. The molecule has 1 N–H and O–H groups in total. The Morgan fingerprint density at radius 2 is 2.03 bits per heavy atom. The fourth-order valence-corrected chi connectivity index (χ4v) is 3.94. The molecule has 0 bridgehead atoms. The first-order valence-corrected chi connectivity index (χ1v) is 10.5. The smallest absolute Gasteiger partial charge is 0.247 e. The van der Waals surface area contributed by atoms with Crippen molar-refractivity contribution in [1.29, 1.82) is 0 Å². The van der Waals surface area contributed by atoms with Crippen molar-refractivity contribution in [2.45, 2.75) is 50.7 Å². The second-order valence-electron chi connectivity index (χ2n) is 7.26. The van der Waals surface area contributed by atoms with Crippen LogP contribution in [0.25, 0.3) is 0 Å². The van der Waals surface area contributed by atoms with Crippen molar-refractivity contribution in [2.24, 2.45) is 0 Å². The number of furan rings is 1. The Hall–Kier alpha value is -2.47. The van der Waals surface area contributed by atoms with Gasteiger partial charge in [0.1, 0.15) is 23.4 Å². The van der Waals surface area contributed by atoms with Crippen molar-refractivity contribution >= 4 is 23.4 Å². The lowest BCUT2D eigenvalue weighted by molar-refractivity contribution is -0.140. The van der Waals surface area contributed by atoms with Crippen molar-refractivity contribution in [3.8, 4) is 5.75 Å². The summed E-state index contributed by atoms with van der Waals surface area (Å²) in [6.45, 7) is 0.151. The van der Waals surface area contributed by atoms with Crippen LogP contribution in [-0.2, 0) is 16.1 Å². The van der Waals surface area contributed by atoms with Gasteiger partial charge in [-0.2, -0.15) is 0 Å². The summed E-state index contributed by atoms with van der Waals surface area (Å²) in [4.78, 5) is 27.6. The van der Waals surface area contributed by atoms with Gasteiger partial charge in [0.15, 0.2) is 0 Å². The van der Waals surface area contributed by atoms with Gasteiger partial charge < -0.3 is 19.4 Å². The number of alkyl halides is 1. The van der Waals surface area contributed by atoms with Crippen molar-refractivity contribution in [2.75, 3.05) is 13.0 Å². The monoisotopic (exact) mass is 418 g/mol. The van der Waals surface area contributed by atoms with E-state index in [9.17, 15) is 9.59 Å². The molecule has 0 unspecified atom stereocenters. The number of nitrogens with one attached hydrogen (secondary N) is 1. The van der Waals surface area contributed by atoms with Crippen LogP contribution in [0.4, 0.5) is 0 Å². The molecular formula is C22H27ClN2O4. The molecule has 1 aliphatic rings. The maximum Gasteiger partial charge on any atom is 0.247 e. The van der Waals surface area contributed by atoms with Crippen molar-refractivity contribution in [3.05, 3.63) is 54.0 Å². The predicted octanol–water partition coefficient (Wildman–Crippen LogP) is 4.05. The molecule has 1 atom stereocenters. The maximum absolute atomic E-state index is 13.4. The Bertz CT molecular complexity index is 803. The van der Waals surface area contributed by atoms with E-state index in [0.29, 0.717) is 17.1 Å². The molecule has 1 aliphatic carbocycles. The third kappa shape index (κ3) is 5.54. The number of ether oxygens (including phenoxy) is 1. The molecule has 7 heteroatoms. The van der Waals surface area contributed by atoms with Crippen LogP contribution in [-0.4, -0.2) is 35.7 Å². The molecule has 2 aromatic rings. The highest BCUT2D eigenvalue weighted by Crippen LogP contribution is 2.28. The molecule has 156 valence electrons. The van der Waals surface area contributed by atoms with E-state index in [-0.39, 0.29) is 30.3 Å². The topological polar surface area (TPSA) is 71.8 Å². The van der Waals surface area contributed by atoms with Crippen LogP contribution in [0, 0.1) is 0 Å². The van der Waals surface area contributed by atoms with E-state index < -0.39 is 6.04 Å². The molecule has 2 amide bonds. The fourth-order valence-electron chi connectivity index (χ4n) is 3.78. The van der Waals surface area contributed by atoms with Crippen LogP contribution in [0.1, 0.15) is 49.5 Å². The van der Waals surface area contributed by atoms with Gasteiger partial charge in [0.2, 0.25) is 11.8 Å². The average molecular weight is 419 g/mol. The quantitative estimate of drug-likeness (QED) is 0.656. The molecule has 0 aliphatic heterocycles. The Morgan fingerprint density at radius 1 is 1.24 bits per heavy atom. The Labute approximate surface area is 176 Å². The first-order valence-electron chi connectivity index (χ1n) is 9.94. The van der Waals surface area contributed by atoms with Gasteiger partial charge in [-0.3, -0.25) is 9.59 Å². The third-order valence-corrected chi connectivity index (χ3v) is 5.49. The molecule has 0 saturated heterocycles. The minimum atomic E-state index is -0.830. The van der Waals surface area contributed by atoms with Gasteiger partial charge in [-0.05, 0) is 42.7 Å². The molecule has 0 spiro atoms. The second-order valence-corrected chi connectivity index (χ2v) is 7.52. The number of carbonyl (C=O) groups excluding carboxylic acids is 2. The summed E-state index contributed by atoms with van der Waals surface area (Å²) in [6, 6.07) is 10.0. The van der Waals surface area contributed by atoms with E-state index in [1.54, 1.807) is 37.6 Å². The van der Waals surface area contributed by atoms with E-state index in [1.165, 1.54) is 11.3 Å². The van der Waals surface area contributed by atoms with Crippen LogP contribution < -0.4 is 10.1 Å². The Morgan fingerprint density at radius 3 is 2.69 bits per heavy atom. The molecule has 1 saturated carbocycles. The predicted molar refractivity (Wildman–Crippen MR) is 111 cm³/mol. The van der Waals surface area contributed by atoms with Crippen LogP contribution in [0.2, 0.25) is 0 Å². The number of methoxy groups -OCH3 is 1. The van der Waals surface area contributed by atoms with Gasteiger partial charge in [0.05, 0.1) is 19.9 Å². The summed E-state index contributed by atoms with van der Waals surface area (Å²) < 4.78 is 10.8. The van der Waals surface area contributed by atoms with Gasteiger partial charge in [-0.25, -0.2) is 0 Å². The number of carbonyl (C=O) groups is 2. The lowest BCUT2D eigenvalue weighted by Crippen LogP contribution is -2.47. The molecular weight excluding hydrogens is 392 g/mol. The number of benzene rings is 1. The number of amides is 2. The summed E-state index contributed by atoms with van der Waals surface area (Å²) >= 11 is 5.90. The van der Waals surface area contributed by atoms with Crippen LogP contribution in [0.3, 0.4) is 0 Å². The van der Waals surface area contributed by atoms with Gasteiger partial charge in [-0.1, -0.05) is 31.4 Å². The first kappa shape index (κ1) is 21.2. The largest absolute Gasteiger partial charge is 0.497 e. The Kier molecular flexibility index (Phi) is 7.58. The van der Waals surface area contributed by atoms with E-state index in [2.05, 4.69) is 5.32 Å². The zero-order valence-electron chi connectivity index (χ0n) is 16.6. The molecule has 3 rings (SSSR count). The number of hydrogen-bond acceptors (Lipinski definition) is 4. The van der Waals surface area contributed by atoms with Gasteiger partial charge in [0.25, 0.3) is 0 Å². The lowest BCUT2D eigenvalue weighted by Gasteiger charge is -2.32. The summed E-state index contributed by atoms with van der Waals surface area (Å²) in [6.07, 6.45) is 6.86. The molecule has 29 heavy (non-hydrogen) atoms. The average Bonchev–Trinajstić information content (AvgIpc) is 3.27. The Balaban J connectivity index is 1.93. The van der Waals surface area contributed by atoms with E-state index in [4.69, 9.17) is 20.8 Å². The van der Waals surface area contributed by atoms with E-state index in [0.717, 1.165) is 25.7 Å². The van der Waals surface area contributed by atoms with E-state index >= 15 is 0 Å².